The summed E-state index contributed by atoms with van der Waals surface area (Å²) in [5.74, 6) is -0.756. The molecule has 15 unspecified atom stereocenters. The van der Waals surface area contributed by atoms with E-state index in [9.17, 15) is 40.5 Å². The zero-order valence-electron chi connectivity index (χ0n) is 33.5. The van der Waals surface area contributed by atoms with E-state index in [0.717, 1.165) is 25.7 Å². The molecule has 55 heavy (non-hydrogen) atoms. The summed E-state index contributed by atoms with van der Waals surface area (Å²) in [6.45, 7) is 9.91. The molecule has 0 aromatic heterocycles. The Morgan fingerprint density at radius 2 is 1.55 bits per heavy atom. The van der Waals surface area contributed by atoms with Crippen LogP contribution in [-0.2, 0) is 23.7 Å². The summed E-state index contributed by atoms with van der Waals surface area (Å²) in [4.78, 5) is 15.2. The summed E-state index contributed by atoms with van der Waals surface area (Å²) in [7, 11) is 3.33. The highest BCUT2D eigenvalue weighted by molar-refractivity contribution is 5.81. The molecule has 15 atom stereocenters. The Kier molecular flexibility index (Phi) is 18.8. The van der Waals surface area contributed by atoms with Crippen molar-refractivity contribution >= 4 is 5.91 Å². The molecule has 1 saturated carbocycles. The number of carbonyl (C=O) groups excluding carboxylic acids is 1. The van der Waals surface area contributed by atoms with Crippen molar-refractivity contribution in [3.63, 3.8) is 0 Å². The molecule has 3 rings (SSSR count). The molecule has 3 aliphatic rings. The van der Waals surface area contributed by atoms with Gasteiger partial charge in [0.25, 0.3) is 0 Å². The molecule has 2 heterocycles. The number of likely N-dealkylation sites (N-methyl/N-ethyl adjacent to an activating group) is 2. The number of aliphatic hydroxyl groups excluding tert-OH is 6. The molecular weight excluding hydrogens is 718 g/mol. The molecule has 3 fully saturated rings. The van der Waals surface area contributed by atoms with Crippen molar-refractivity contribution in [2.45, 2.75) is 158 Å². The van der Waals surface area contributed by atoms with E-state index in [-0.39, 0.29) is 26.1 Å². The van der Waals surface area contributed by atoms with Crippen LogP contribution in [0, 0.1) is 0 Å². The number of aliphatic hydroxyl groups is 7. The van der Waals surface area contributed by atoms with E-state index in [0.29, 0.717) is 6.54 Å². The number of rotatable bonds is 18. The number of nitrogens with zero attached hydrogens (tertiary/aromatic N) is 1. The van der Waals surface area contributed by atoms with Gasteiger partial charge >= 0.3 is 0 Å². The molecule has 17 heteroatoms. The van der Waals surface area contributed by atoms with E-state index < -0.39 is 97.1 Å². The monoisotopic (exact) mass is 787 g/mol. The lowest BCUT2D eigenvalue weighted by Crippen LogP contribution is -2.70. The maximum Gasteiger partial charge on any atom is 0.250 e. The lowest BCUT2D eigenvalue weighted by Gasteiger charge is -2.49. The lowest BCUT2D eigenvalue weighted by atomic mass is 9.83. The fourth-order valence-electron chi connectivity index (χ4n) is 7.22. The Labute approximate surface area is 325 Å². The van der Waals surface area contributed by atoms with Gasteiger partial charge in [-0.05, 0) is 80.8 Å². The topological polar surface area (TPSA) is 275 Å². The van der Waals surface area contributed by atoms with Crippen LogP contribution in [0.15, 0.2) is 34.9 Å². The molecule has 318 valence electrons. The molecule has 1 aliphatic carbocycles. The van der Waals surface area contributed by atoms with Gasteiger partial charge in [-0.25, -0.2) is 0 Å². The number of nitrogens with two attached hydrogens (primary N) is 2. The fourth-order valence-corrected chi connectivity index (χ4v) is 7.22. The Morgan fingerprint density at radius 1 is 0.927 bits per heavy atom. The average Bonchev–Trinajstić information content (AvgIpc) is 3.11. The fraction of sp³-hybridized carbons (Fsp3) is 0.816. The number of ether oxygens (including phenoxy) is 4. The number of hydrogen-bond acceptors (Lipinski definition) is 16. The molecular formula is C38H69N5O12. The van der Waals surface area contributed by atoms with Gasteiger partial charge in [-0.15, -0.1) is 0 Å². The van der Waals surface area contributed by atoms with Gasteiger partial charge < -0.3 is 76.8 Å². The average molecular weight is 788 g/mol. The molecule has 2 aliphatic heterocycles. The van der Waals surface area contributed by atoms with E-state index in [1.54, 1.807) is 19.0 Å². The number of amides is 1. The number of nitrogens with one attached hydrogen (secondary N) is 2. The quantitative estimate of drug-likeness (QED) is 0.0662. The summed E-state index contributed by atoms with van der Waals surface area (Å²) in [6.07, 6.45) is -5.82. The molecule has 0 spiro atoms. The third-order valence-electron chi connectivity index (χ3n) is 10.6. The lowest BCUT2D eigenvalue weighted by molar-refractivity contribution is -0.330. The second-order valence-electron chi connectivity index (χ2n) is 15.9. The first-order valence-corrected chi connectivity index (χ1v) is 19.3. The van der Waals surface area contributed by atoms with Crippen LogP contribution in [0.5, 0.6) is 0 Å². The van der Waals surface area contributed by atoms with Gasteiger partial charge in [0.2, 0.25) is 5.91 Å². The summed E-state index contributed by atoms with van der Waals surface area (Å²) < 4.78 is 23.3. The van der Waals surface area contributed by atoms with Crippen molar-refractivity contribution in [3.05, 3.63) is 34.9 Å². The standard InChI is InChI=1S/C38H69N5O12/c1-20(2)10-8-11-21(3)12-9-13-22(4)14-15-43(7)18-25(44)35(50)42-24-16-23(40)32(54-37-29(47)28(46)27(45)26(17-39)53-37)30(48)33(24)55-36-31(49)34(41-6)38(5,51)19-52-36/h10,12,14,23-34,36-37,41,44-49,51H,8-9,11,13,15-19,39-40H2,1-7H3,(H,42,50)/b21-12+,22-14+. The second kappa shape index (κ2) is 21.7. The van der Waals surface area contributed by atoms with Crippen molar-refractivity contribution in [3.8, 4) is 0 Å². The highest BCUT2D eigenvalue weighted by Crippen LogP contribution is 2.32. The molecule has 17 nitrogen and oxygen atoms in total. The van der Waals surface area contributed by atoms with Gasteiger partial charge in [-0.3, -0.25) is 9.69 Å². The van der Waals surface area contributed by atoms with Crippen LogP contribution in [0.2, 0.25) is 0 Å². The van der Waals surface area contributed by atoms with Crippen molar-refractivity contribution in [2.75, 3.05) is 40.3 Å². The maximum atomic E-state index is 13.4. The minimum absolute atomic E-state index is 0.00560. The smallest absolute Gasteiger partial charge is 0.250 e. The first-order chi connectivity index (χ1) is 25.8. The highest BCUT2D eigenvalue weighted by Gasteiger charge is 2.53. The first-order valence-electron chi connectivity index (χ1n) is 19.3. The first kappa shape index (κ1) is 47.5. The minimum Gasteiger partial charge on any atom is -0.388 e. The maximum absolute atomic E-state index is 13.4. The van der Waals surface area contributed by atoms with Crippen LogP contribution in [0.1, 0.15) is 66.7 Å². The molecule has 2 saturated heterocycles. The van der Waals surface area contributed by atoms with Gasteiger partial charge in [0.1, 0.15) is 60.5 Å². The van der Waals surface area contributed by atoms with E-state index in [4.69, 9.17) is 30.4 Å². The van der Waals surface area contributed by atoms with E-state index in [2.05, 4.69) is 49.6 Å². The second-order valence-corrected chi connectivity index (χ2v) is 15.9. The van der Waals surface area contributed by atoms with Crippen LogP contribution in [0.4, 0.5) is 0 Å². The van der Waals surface area contributed by atoms with Crippen molar-refractivity contribution in [1.82, 2.24) is 15.5 Å². The van der Waals surface area contributed by atoms with Gasteiger partial charge in [0, 0.05) is 25.7 Å². The van der Waals surface area contributed by atoms with E-state index >= 15 is 0 Å². The molecule has 0 radical (unpaired) electrons. The third-order valence-corrected chi connectivity index (χ3v) is 10.6. The number of hydrogen-bond donors (Lipinski definition) is 11. The van der Waals surface area contributed by atoms with Crippen molar-refractivity contribution in [2.24, 2.45) is 11.5 Å². The summed E-state index contributed by atoms with van der Waals surface area (Å²) in [6, 6.07) is -2.94. The van der Waals surface area contributed by atoms with Crippen LogP contribution < -0.4 is 22.1 Å². The highest BCUT2D eigenvalue weighted by atomic mass is 16.7. The van der Waals surface area contributed by atoms with Crippen molar-refractivity contribution < 1.29 is 59.5 Å². The van der Waals surface area contributed by atoms with E-state index in [1.165, 1.54) is 23.6 Å². The Balaban J connectivity index is 1.69. The normalized spacial score (nSPS) is 38.2. The summed E-state index contributed by atoms with van der Waals surface area (Å²) >= 11 is 0. The summed E-state index contributed by atoms with van der Waals surface area (Å²) in [5.41, 5.74) is 14.5. The summed E-state index contributed by atoms with van der Waals surface area (Å²) in [5, 5.41) is 81.3. The van der Waals surface area contributed by atoms with E-state index in [1.807, 2.05) is 6.92 Å². The number of allylic oxidation sites excluding steroid dienone is 5. The molecule has 0 aromatic rings. The minimum atomic E-state index is -1.73. The zero-order chi connectivity index (χ0) is 41.2. The third kappa shape index (κ3) is 13.3. The molecule has 1 amide bonds. The predicted octanol–water partition coefficient (Wildman–Crippen LogP) is -2.13. The Bertz CT molecular complexity index is 1300. The molecule has 0 aromatic carbocycles. The largest absolute Gasteiger partial charge is 0.388 e. The van der Waals surface area contributed by atoms with Gasteiger partial charge in [-0.2, -0.15) is 0 Å². The van der Waals surface area contributed by atoms with Crippen LogP contribution in [-0.4, -0.2) is 178 Å². The van der Waals surface area contributed by atoms with Gasteiger partial charge in [0.05, 0.1) is 18.7 Å². The molecule has 13 N–H and O–H groups in total. The molecule has 0 bridgehead atoms. The van der Waals surface area contributed by atoms with Crippen LogP contribution in [0.25, 0.3) is 0 Å². The van der Waals surface area contributed by atoms with Gasteiger partial charge in [0.15, 0.2) is 12.6 Å². The van der Waals surface area contributed by atoms with Crippen LogP contribution in [0.3, 0.4) is 0 Å². The predicted molar refractivity (Wildman–Crippen MR) is 204 cm³/mol. The Hall–Kier alpha value is -1.91. The SMILES string of the molecule is CNC1C(O)C(OC2C(NC(=O)C(O)CN(C)C/C=C(\C)CC/C=C(\C)CCC=C(C)C)CC(N)C(OC3OC(CN)C(O)C(O)C3O)C2O)OCC1(C)O. The van der Waals surface area contributed by atoms with Crippen molar-refractivity contribution in [1.29, 1.82) is 0 Å². The number of carbonyl (C=O) groups is 1. The zero-order valence-corrected chi connectivity index (χ0v) is 33.5. The van der Waals surface area contributed by atoms with Crippen LogP contribution >= 0.6 is 0 Å². The van der Waals surface area contributed by atoms with Gasteiger partial charge in [-0.1, -0.05) is 34.9 Å². The Morgan fingerprint density at radius 3 is 2.16 bits per heavy atom.